The summed E-state index contributed by atoms with van der Waals surface area (Å²) in [6, 6.07) is 11.3. The minimum atomic E-state index is -3.69. The fraction of sp³-hybridized carbons (Fsp3) is 0.200. The number of ether oxygens (including phenoxy) is 1. The van der Waals surface area contributed by atoms with Gasteiger partial charge in [-0.2, -0.15) is 0 Å². The Morgan fingerprint density at radius 3 is 2.64 bits per heavy atom. The van der Waals surface area contributed by atoms with Crippen molar-refractivity contribution in [3.63, 3.8) is 0 Å². The van der Waals surface area contributed by atoms with Crippen LogP contribution in [-0.4, -0.2) is 15.0 Å². The molecule has 116 valence electrons. The molecule has 0 aliphatic carbocycles. The number of benzene rings is 2. The van der Waals surface area contributed by atoms with Crippen molar-refractivity contribution >= 4 is 33.2 Å². The van der Waals surface area contributed by atoms with E-state index in [1.54, 1.807) is 0 Å². The molecule has 2 aromatic rings. The standard InChI is InChI=1S/C15H13Cl2NO3S/c16-12-6-5-10(9-13(12)17)22(19,20)18-14-7-8-21-15-4-2-1-3-11(14)15/h1-6,9,14,18H,7-8H2. The average Bonchev–Trinajstić information content (AvgIpc) is 2.50. The normalized spacial score (nSPS) is 17.6. The summed E-state index contributed by atoms with van der Waals surface area (Å²) in [5.74, 6) is 0.704. The summed E-state index contributed by atoms with van der Waals surface area (Å²) >= 11 is 11.7. The van der Waals surface area contributed by atoms with Crippen LogP contribution in [0.3, 0.4) is 0 Å². The van der Waals surface area contributed by atoms with Crippen LogP contribution in [0.25, 0.3) is 0 Å². The summed E-state index contributed by atoms with van der Waals surface area (Å²) in [7, 11) is -3.69. The van der Waals surface area contributed by atoms with Gasteiger partial charge in [-0.05, 0) is 24.3 Å². The molecule has 7 heteroatoms. The van der Waals surface area contributed by atoms with Crippen molar-refractivity contribution in [3.8, 4) is 5.75 Å². The Kier molecular flexibility index (Phi) is 4.32. The number of halogens is 2. The second kappa shape index (κ2) is 6.08. The smallest absolute Gasteiger partial charge is 0.241 e. The third-order valence-corrected chi connectivity index (χ3v) is 5.67. The van der Waals surface area contributed by atoms with E-state index < -0.39 is 10.0 Å². The molecule has 0 fully saturated rings. The Bertz CT molecular complexity index is 808. The average molecular weight is 358 g/mol. The van der Waals surface area contributed by atoms with Crippen LogP contribution in [0.1, 0.15) is 18.0 Å². The van der Waals surface area contributed by atoms with Crippen molar-refractivity contribution in [1.29, 1.82) is 0 Å². The lowest BCUT2D eigenvalue weighted by Crippen LogP contribution is -2.32. The zero-order valence-corrected chi connectivity index (χ0v) is 13.8. The highest BCUT2D eigenvalue weighted by Gasteiger charge is 2.26. The van der Waals surface area contributed by atoms with Gasteiger partial charge in [-0.3, -0.25) is 0 Å². The van der Waals surface area contributed by atoms with Gasteiger partial charge in [-0.1, -0.05) is 41.4 Å². The highest BCUT2D eigenvalue weighted by molar-refractivity contribution is 7.89. The molecule has 1 aliphatic rings. The van der Waals surface area contributed by atoms with Crippen LogP contribution in [0.15, 0.2) is 47.4 Å². The van der Waals surface area contributed by atoms with Crippen LogP contribution in [0.2, 0.25) is 10.0 Å². The molecule has 0 amide bonds. The molecule has 0 radical (unpaired) electrons. The summed E-state index contributed by atoms with van der Waals surface area (Å²) < 4.78 is 33.3. The number of sulfonamides is 1. The number of nitrogens with one attached hydrogen (secondary N) is 1. The van der Waals surface area contributed by atoms with E-state index in [-0.39, 0.29) is 16.0 Å². The van der Waals surface area contributed by atoms with E-state index in [4.69, 9.17) is 27.9 Å². The van der Waals surface area contributed by atoms with Crippen LogP contribution in [0.4, 0.5) is 0 Å². The molecule has 2 aromatic carbocycles. The molecule has 0 bridgehead atoms. The highest BCUT2D eigenvalue weighted by atomic mass is 35.5. The lowest BCUT2D eigenvalue weighted by molar-refractivity contribution is 0.263. The van der Waals surface area contributed by atoms with Crippen molar-refractivity contribution in [2.24, 2.45) is 0 Å². The molecule has 1 N–H and O–H groups in total. The van der Waals surface area contributed by atoms with E-state index in [0.717, 1.165) is 5.56 Å². The number of fused-ring (bicyclic) bond motifs is 1. The minimum Gasteiger partial charge on any atom is -0.493 e. The van der Waals surface area contributed by atoms with Gasteiger partial charge in [0, 0.05) is 12.0 Å². The van der Waals surface area contributed by atoms with Crippen molar-refractivity contribution in [2.45, 2.75) is 17.4 Å². The topological polar surface area (TPSA) is 55.4 Å². The first kappa shape index (κ1) is 15.6. The van der Waals surface area contributed by atoms with Gasteiger partial charge in [0.15, 0.2) is 0 Å². The quantitative estimate of drug-likeness (QED) is 0.908. The molecule has 1 atom stereocenters. The summed E-state index contributed by atoms with van der Waals surface area (Å²) in [6.07, 6.45) is 0.567. The maximum atomic E-state index is 12.5. The summed E-state index contributed by atoms with van der Waals surface area (Å²) in [4.78, 5) is 0.0888. The second-order valence-corrected chi connectivity index (χ2v) is 7.45. The molecule has 1 unspecified atom stereocenters. The van der Waals surface area contributed by atoms with E-state index in [2.05, 4.69) is 4.72 Å². The van der Waals surface area contributed by atoms with E-state index >= 15 is 0 Å². The zero-order valence-electron chi connectivity index (χ0n) is 11.4. The van der Waals surface area contributed by atoms with Crippen molar-refractivity contribution in [1.82, 2.24) is 4.72 Å². The summed E-state index contributed by atoms with van der Waals surface area (Å²) in [5, 5.41) is 0.522. The maximum absolute atomic E-state index is 12.5. The van der Waals surface area contributed by atoms with Crippen LogP contribution >= 0.6 is 23.2 Å². The summed E-state index contributed by atoms with van der Waals surface area (Å²) in [5.41, 5.74) is 0.831. The van der Waals surface area contributed by atoms with Crippen molar-refractivity contribution < 1.29 is 13.2 Å². The first-order valence-corrected chi connectivity index (χ1v) is 8.90. The van der Waals surface area contributed by atoms with Gasteiger partial charge in [-0.25, -0.2) is 13.1 Å². The lowest BCUT2D eigenvalue weighted by Gasteiger charge is -2.26. The second-order valence-electron chi connectivity index (χ2n) is 4.92. The van der Waals surface area contributed by atoms with Gasteiger partial charge in [0.05, 0.1) is 27.6 Å². The molecule has 0 spiro atoms. The number of hydrogen-bond donors (Lipinski definition) is 1. The Labute approximate surface area is 139 Å². The van der Waals surface area contributed by atoms with Crippen LogP contribution in [0, 0.1) is 0 Å². The van der Waals surface area contributed by atoms with Gasteiger partial charge in [0.2, 0.25) is 10.0 Å². The van der Waals surface area contributed by atoms with Crippen molar-refractivity contribution in [3.05, 3.63) is 58.1 Å². The van der Waals surface area contributed by atoms with Gasteiger partial charge in [0.25, 0.3) is 0 Å². The van der Waals surface area contributed by atoms with Gasteiger partial charge >= 0.3 is 0 Å². The van der Waals surface area contributed by atoms with E-state index in [1.165, 1.54) is 18.2 Å². The molecule has 4 nitrogen and oxygen atoms in total. The predicted octanol–water partition coefficient (Wildman–Crippen LogP) is 3.80. The molecular formula is C15H13Cl2NO3S. The largest absolute Gasteiger partial charge is 0.493 e. The molecule has 0 aromatic heterocycles. The fourth-order valence-corrected chi connectivity index (χ4v) is 4.00. The van der Waals surface area contributed by atoms with Crippen LogP contribution in [-0.2, 0) is 10.0 Å². The van der Waals surface area contributed by atoms with Crippen molar-refractivity contribution in [2.75, 3.05) is 6.61 Å². The third-order valence-electron chi connectivity index (χ3n) is 3.46. The van der Waals surface area contributed by atoms with Gasteiger partial charge in [-0.15, -0.1) is 0 Å². The molecule has 22 heavy (non-hydrogen) atoms. The predicted molar refractivity (Wildman–Crippen MR) is 86.1 cm³/mol. The Morgan fingerprint density at radius 1 is 1.09 bits per heavy atom. The Morgan fingerprint density at radius 2 is 1.86 bits per heavy atom. The summed E-state index contributed by atoms with van der Waals surface area (Å²) in [6.45, 7) is 0.464. The first-order valence-electron chi connectivity index (χ1n) is 6.66. The third kappa shape index (κ3) is 3.08. The molecule has 3 rings (SSSR count). The SMILES string of the molecule is O=S(=O)(NC1CCOc2ccccc21)c1ccc(Cl)c(Cl)c1. The molecule has 0 saturated heterocycles. The van der Waals surface area contributed by atoms with E-state index in [9.17, 15) is 8.42 Å². The lowest BCUT2D eigenvalue weighted by atomic mass is 10.0. The molecular weight excluding hydrogens is 345 g/mol. The number of hydrogen-bond acceptors (Lipinski definition) is 3. The van der Waals surface area contributed by atoms with Crippen LogP contribution in [0.5, 0.6) is 5.75 Å². The maximum Gasteiger partial charge on any atom is 0.241 e. The Balaban J connectivity index is 1.91. The number of para-hydroxylation sites is 1. The number of rotatable bonds is 3. The van der Waals surface area contributed by atoms with E-state index in [0.29, 0.717) is 23.8 Å². The highest BCUT2D eigenvalue weighted by Crippen LogP contribution is 2.33. The fourth-order valence-electron chi connectivity index (χ4n) is 2.36. The first-order chi connectivity index (χ1) is 10.5. The van der Waals surface area contributed by atoms with Gasteiger partial charge < -0.3 is 4.74 Å². The Hall–Kier alpha value is -1.27. The minimum absolute atomic E-state index is 0.0888. The molecule has 1 aliphatic heterocycles. The molecule has 0 saturated carbocycles. The van der Waals surface area contributed by atoms with Crippen LogP contribution < -0.4 is 9.46 Å². The monoisotopic (exact) mass is 357 g/mol. The molecule has 1 heterocycles. The van der Waals surface area contributed by atoms with E-state index in [1.807, 2.05) is 24.3 Å². The zero-order chi connectivity index (χ0) is 15.7. The van der Waals surface area contributed by atoms with Gasteiger partial charge in [0.1, 0.15) is 5.75 Å².